The summed E-state index contributed by atoms with van der Waals surface area (Å²) >= 11 is 0. The van der Waals surface area contributed by atoms with Crippen molar-refractivity contribution in [1.29, 1.82) is 0 Å². The number of nitrogens with two attached hydrogens (primary N) is 1. The molecule has 0 saturated heterocycles. The second-order valence-electron chi connectivity index (χ2n) is 6.77. The van der Waals surface area contributed by atoms with E-state index >= 15 is 0 Å². The van der Waals surface area contributed by atoms with Gasteiger partial charge in [0.1, 0.15) is 12.4 Å². The van der Waals surface area contributed by atoms with Gasteiger partial charge in [-0.15, -0.1) is 0 Å². The molecule has 0 spiro atoms. The number of sulfonamides is 1. The first kappa shape index (κ1) is 22.0. The molecule has 0 aliphatic rings. The molecule has 31 heavy (non-hydrogen) atoms. The summed E-state index contributed by atoms with van der Waals surface area (Å²) in [4.78, 5) is 23.7. The molecule has 9 heteroatoms. The van der Waals surface area contributed by atoms with Gasteiger partial charge in [-0.2, -0.15) is 0 Å². The number of amides is 2. The van der Waals surface area contributed by atoms with Crippen molar-refractivity contribution >= 4 is 33.2 Å². The molecule has 0 aliphatic carbocycles. The minimum Gasteiger partial charge on any atom is -0.366 e. The van der Waals surface area contributed by atoms with Crippen LogP contribution in [0.5, 0.6) is 0 Å². The SMILES string of the molecule is Cc1ccc(S(=O)(=O)N(CC(=O)Nc2ccc(C(N)=O)cc2)c2ccccc2F)cc1. The lowest BCUT2D eigenvalue weighted by molar-refractivity contribution is -0.114. The van der Waals surface area contributed by atoms with Crippen molar-refractivity contribution in [2.24, 2.45) is 5.73 Å². The molecule has 0 radical (unpaired) electrons. The molecule has 0 bridgehead atoms. The molecule has 7 nitrogen and oxygen atoms in total. The Bertz CT molecular complexity index is 1210. The van der Waals surface area contributed by atoms with Crippen molar-refractivity contribution in [1.82, 2.24) is 0 Å². The van der Waals surface area contributed by atoms with Crippen LogP contribution < -0.4 is 15.4 Å². The summed E-state index contributed by atoms with van der Waals surface area (Å²) in [6.07, 6.45) is 0. The fraction of sp³-hybridized carbons (Fsp3) is 0.0909. The summed E-state index contributed by atoms with van der Waals surface area (Å²) in [5, 5.41) is 2.54. The Kier molecular flexibility index (Phi) is 6.36. The molecular weight excluding hydrogens is 421 g/mol. The smallest absolute Gasteiger partial charge is 0.264 e. The maximum Gasteiger partial charge on any atom is 0.264 e. The normalized spacial score (nSPS) is 11.0. The van der Waals surface area contributed by atoms with Crippen LogP contribution in [0.15, 0.2) is 77.7 Å². The molecular formula is C22H20FN3O4S. The highest BCUT2D eigenvalue weighted by molar-refractivity contribution is 7.92. The van der Waals surface area contributed by atoms with Crippen LogP contribution in [0.1, 0.15) is 15.9 Å². The number of nitrogens with one attached hydrogen (secondary N) is 1. The van der Waals surface area contributed by atoms with Gasteiger partial charge < -0.3 is 11.1 Å². The van der Waals surface area contributed by atoms with E-state index in [0.717, 1.165) is 15.9 Å². The van der Waals surface area contributed by atoms with Gasteiger partial charge in [-0.3, -0.25) is 13.9 Å². The number of rotatable bonds is 7. The van der Waals surface area contributed by atoms with Crippen LogP contribution in [0.25, 0.3) is 0 Å². The molecule has 3 aromatic carbocycles. The van der Waals surface area contributed by atoms with Gasteiger partial charge in [0.25, 0.3) is 10.0 Å². The lowest BCUT2D eigenvalue weighted by Crippen LogP contribution is -2.38. The number of hydrogen-bond donors (Lipinski definition) is 2. The van der Waals surface area contributed by atoms with E-state index in [-0.39, 0.29) is 16.1 Å². The Morgan fingerprint density at radius 1 is 0.968 bits per heavy atom. The highest BCUT2D eigenvalue weighted by atomic mass is 32.2. The van der Waals surface area contributed by atoms with E-state index in [1.807, 2.05) is 6.92 Å². The Labute approximate surface area is 179 Å². The quantitative estimate of drug-likeness (QED) is 0.587. The van der Waals surface area contributed by atoms with E-state index in [1.54, 1.807) is 12.1 Å². The van der Waals surface area contributed by atoms with Crippen LogP contribution in [-0.2, 0) is 14.8 Å². The van der Waals surface area contributed by atoms with Crippen molar-refractivity contribution < 1.29 is 22.4 Å². The van der Waals surface area contributed by atoms with Crippen molar-refractivity contribution in [2.45, 2.75) is 11.8 Å². The van der Waals surface area contributed by atoms with Gasteiger partial charge in [-0.25, -0.2) is 12.8 Å². The van der Waals surface area contributed by atoms with Crippen molar-refractivity contribution in [3.63, 3.8) is 0 Å². The van der Waals surface area contributed by atoms with E-state index in [9.17, 15) is 22.4 Å². The number of para-hydroxylation sites is 1. The molecule has 0 aliphatic heterocycles. The maximum atomic E-state index is 14.5. The van der Waals surface area contributed by atoms with E-state index in [1.165, 1.54) is 54.6 Å². The first-order valence-corrected chi connectivity index (χ1v) is 10.7. The third-order valence-electron chi connectivity index (χ3n) is 4.47. The lowest BCUT2D eigenvalue weighted by Gasteiger charge is -2.24. The lowest BCUT2D eigenvalue weighted by atomic mass is 10.2. The van der Waals surface area contributed by atoms with Gasteiger partial charge in [0.15, 0.2) is 0 Å². The van der Waals surface area contributed by atoms with Crippen LogP contribution in [0.3, 0.4) is 0 Å². The molecule has 160 valence electrons. The van der Waals surface area contributed by atoms with Crippen molar-refractivity contribution in [2.75, 3.05) is 16.2 Å². The zero-order chi connectivity index (χ0) is 22.6. The number of benzene rings is 3. The summed E-state index contributed by atoms with van der Waals surface area (Å²) < 4.78 is 41.7. The maximum absolute atomic E-state index is 14.5. The highest BCUT2D eigenvalue weighted by Gasteiger charge is 2.29. The monoisotopic (exact) mass is 441 g/mol. The summed E-state index contributed by atoms with van der Waals surface area (Å²) in [5.74, 6) is -2.09. The third-order valence-corrected chi connectivity index (χ3v) is 6.24. The van der Waals surface area contributed by atoms with Crippen LogP contribution >= 0.6 is 0 Å². The fourth-order valence-corrected chi connectivity index (χ4v) is 4.27. The first-order valence-electron chi connectivity index (χ1n) is 9.22. The third kappa shape index (κ3) is 5.07. The Hall–Kier alpha value is -3.72. The fourth-order valence-electron chi connectivity index (χ4n) is 2.84. The summed E-state index contributed by atoms with van der Waals surface area (Å²) in [6.45, 7) is 1.15. The molecule has 0 fully saturated rings. The van der Waals surface area contributed by atoms with E-state index in [4.69, 9.17) is 5.73 Å². The average Bonchev–Trinajstić information content (AvgIpc) is 2.73. The van der Waals surface area contributed by atoms with Crippen molar-refractivity contribution in [3.05, 3.63) is 89.7 Å². The molecule has 0 saturated carbocycles. The van der Waals surface area contributed by atoms with Gasteiger partial charge in [-0.05, 0) is 55.5 Å². The number of carbonyl (C=O) groups excluding carboxylic acids is 2. The predicted molar refractivity (Wildman–Crippen MR) is 116 cm³/mol. The highest BCUT2D eigenvalue weighted by Crippen LogP contribution is 2.26. The number of aryl methyl sites for hydroxylation is 1. The molecule has 0 heterocycles. The van der Waals surface area contributed by atoms with Gasteiger partial charge in [0.05, 0.1) is 10.6 Å². The van der Waals surface area contributed by atoms with Gasteiger partial charge in [0.2, 0.25) is 11.8 Å². The number of hydrogen-bond acceptors (Lipinski definition) is 4. The number of anilines is 2. The zero-order valence-electron chi connectivity index (χ0n) is 16.6. The summed E-state index contributed by atoms with van der Waals surface area (Å²) in [5.41, 5.74) is 6.38. The van der Waals surface area contributed by atoms with E-state index < -0.39 is 34.2 Å². The number of halogens is 1. The minimum atomic E-state index is -4.23. The number of carbonyl (C=O) groups is 2. The minimum absolute atomic E-state index is 0.0695. The van der Waals surface area contributed by atoms with E-state index in [0.29, 0.717) is 5.69 Å². The largest absolute Gasteiger partial charge is 0.366 e. The second kappa shape index (κ2) is 8.97. The Morgan fingerprint density at radius 3 is 2.16 bits per heavy atom. The number of primary amides is 1. The van der Waals surface area contributed by atoms with Crippen LogP contribution in [0, 0.1) is 12.7 Å². The predicted octanol–water partition coefficient (Wildman–Crippen LogP) is 3.07. The molecule has 0 aromatic heterocycles. The Balaban J connectivity index is 1.91. The Morgan fingerprint density at radius 2 is 1.58 bits per heavy atom. The molecule has 2 amide bonds. The van der Waals surface area contributed by atoms with Crippen LogP contribution in [0.4, 0.5) is 15.8 Å². The topological polar surface area (TPSA) is 110 Å². The molecule has 0 unspecified atom stereocenters. The van der Waals surface area contributed by atoms with Crippen LogP contribution in [-0.4, -0.2) is 26.8 Å². The standard InChI is InChI=1S/C22H20FN3O4S/c1-15-6-12-18(13-7-15)31(29,30)26(20-5-3-2-4-19(20)23)14-21(27)25-17-10-8-16(9-11-17)22(24)28/h2-13H,14H2,1H3,(H2,24,28)(H,25,27). The molecule has 3 N–H and O–H groups in total. The molecule has 3 rings (SSSR count). The van der Waals surface area contributed by atoms with E-state index in [2.05, 4.69) is 5.32 Å². The van der Waals surface area contributed by atoms with Crippen LogP contribution in [0.2, 0.25) is 0 Å². The van der Waals surface area contributed by atoms with Crippen molar-refractivity contribution in [3.8, 4) is 0 Å². The van der Waals surface area contributed by atoms with Gasteiger partial charge >= 0.3 is 0 Å². The average molecular weight is 441 g/mol. The van der Waals surface area contributed by atoms with Gasteiger partial charge in [-0.1, -0.05) is 29.8 Å². The second-order valence-corrected chi connectivity index (χ2v) is 8.63. The molecule has 3 aromatic rings. The molecule has 0 atom stereocenters. The summed E-state index contributed by atoms with van der Waals surface area (Å²) in [6, 6.07) is 17.1. The summed E-state index contributed by atoms with van der Waals surface area (Å²) in [7, 11) is -4.23. The zero-order valence-corrected chi connectivity index (χ0v) is 17.4. The first-order chi connectivity index (χ1) is 14.7. The van der Waals surface area contributed by atoms with Gasteiger partial charge in [0, 0.05) is 11.3 Å². The number of nitrogens with zero attached hydrogens (tertiary/aromatic N) is 1.